The summed E-state index contributed by atoms with van der Waals surface area (Å²) in [5.74, 6) is 0.395. The number of rotatable bonds is 0. The molecule has 1 aliphatic rings. The zero-order valence-corrected chi connectivity index (χ0v) is 6.31. The van der Waals surface area contributed by atoms with E-state index in [4.69, 9.17) is 0 Å². The molecule has 0 aromatic rings. The molecule has 9 heavy (non-hydrogen) atoms. The summed E-state index contributed by atoms with van der Waals surface area (Å²) in [6.07, 6.45) is 4.43. The van der Waals surface area contributed by atoms with Gasteiger partial charge in [0.25, 0.3) is 0 Å². The molecule has 0 N–H and O–H groups in total. The Morgan fingerprint density at radius 1 is 1.44 bits per heavy atom. The third kappa shape index (κ3) is 1.45. The van der Waals surface area contributed by atoms with Gasteiger partial charge in [-0.25, -0.2) is 5.11 Å². The van der Waals surface area contributed by atoms with Crippen molar-refractivity contribution in [1.82, 2.24) is 0 Å². The van der Waals surface area contributed by atoms with Crippen LogP contribution in [0.2, 0.25) is 0 Å². The minimum absolute atomic E-state index is 0.395. The van der Waals surface area contributed by atoms with Crippen LogP contribution >= 0.6 is 0 Å². The quantitative estimate of drug-likeness (QED) is 0.476. The van der Waals surface area contributed by atoms with Crippen molar-refractivity contribution in [3.05, 3.63) is 0 Å². The predicted octanol–water partition coefficient (Wildman–Crippen LogP) is 2.39. The van der Waals surface area contributed by atoms with Crippen LogP contribution in [0, 0.1) is 5.92 Å². The van der Waals surface area contributed by atoms with E-state index in [1.54, 1.807) is 0 Å². The predicted molar refractivity (Wildman–Crippen MR) is 36.7 cm³/mol. The van der Waals surface area contributed by atoms with Gasteiger partial charge in [-0.1, -0.05) is 19.8 Å². The van der Waals surface area contributed by atoms with E-state index in [0.717, 1.165) is 19.3 Å². The van der Waals surface area contributed by atoms with E-state index in [0.29, 0.717) is 5.92 Å². The molecular formula is C8H15O. The monoisotopic (exact) mass is 127 g/mol. The van der Waals surface area contributed by atoms with Gasteiger partial charge < -0.3 is 0 Å². The molecule has 0 saturated heterocycles. The second-order valence-corrected chi connectivity index (χ2v) is 3.46. The molecule has 1 heteroatoms. The molecule has 1 rings (SSSR count). The van der Waals surface area contributed by atoms with Crippen LogP contribution in [0.25, 0.3) is 0 Å². The standard InChI is InChI=1S/C8H15O/c1-7-5-3-4-6-8(7,2)9/h7H,3-6H2,1-2H3. The van der Waals surface area contributed by atoms with Crippen LogP contribution in [0.1, 0.15) is 39.5 Å². The molecule has 0 aromatic carbocycles. The lowest BCUT2D eigenvalue weighted by Crippen LogP contribution is -2.33. The van der Waals surface area contributed by atoms with Crippen LogP contribution in [-0.2, 0) is 5.11 Å². The zero-order chi connectivity index (χ0) is 6.91. The van der Waals surface area contributed by atoms with E-state index in [9.17, 15) is 5.11 Å². The first-order valence-electron chi connectivity index (χ1n) is 3.83. The van der Waals surface area contributed by atoms with E-state index < -0.39 is 5.60 Å². The highest BCUT2D eigenvalue weighted by atomic mass is 16.3. The highest BCUT2D eigenvalue weighted by Gasteiger charge is 2.32. The molecule has 0 spiro atoms. The Kier molecular flexibility index (Phi) is 1.80. The van der Waals surface area contributed by atoms with Crippen molar-refractivity contribution < 1.29 is 5.11 Å². The third-order valence-electron chi connectivity index (χ3n) is 2.60. The van der Waals surface area contributed by atoms with E-state index in [-0.39, 0.29) is 0 Å². The van der Waals surface area contributed by atoms with Gasteiger partial charge in [-0.2, -0.15) is 0 Å². The molecule has 2 atom stereocenters. The van der Waals surface area contributed by atoms with Gasteiger partial charge in [-0.3, -0.25) is 0 Å². The van der Waals surface area contributed by atoms with Gasteiger partial charge in [-0.05, 0) is 25.7 Å². The summed E-state index contributed by atoms with van der Waals surface area (Å²) in [7, 11) is 0. The summed E-state index contributed by atoms with van der Waals surface area (Å²) in [6.45, 7) is 3.92. The van der Waals surface area contributed by atoms with Gasteiger partial charge >= 0.3 is 0 Å². The third-order valence-corrected chi connectivity index (χ3v) is 2.60. The summed E-state index contributed by atoms with van der Waals surface area (Å²) in [6, 6.07) is 0. The lowest BCUT2D eigenvalue weighted by molar-refractivity contribution is -0.0808. The van der Waals surface area contributed by atoms with Crippen LogP contribution in [0.3, 0.4) is 0 Å². The molecule has 0 heterocycles. The summed E-state index contributed by atoms with van der Waals surface area (Å²) in [5.41, 5.74) is -0.613. The Bertz CT molecular complexity index is 96.7. The van der Waals surface area contributed by atoms with Gasteiger partial charge in [0.15, 0.2) is 0 Å². The fraction of sp³-hybridized carbons (Fsp3) is 1.00. The van der Waals surface area contributed by atoms with Gasteiger partial charge in [-0.15, -0.1) is 0 Å². The Labute approximate surface area is 57.1 Å². The zero-order valence-electron chi connectivity index (χ0n) is 6.31. The minimum atomic E-state index is -0.613. The van der Waals surface area contributed by atoms with Crippen molar-refractivity contribution in [2.24, 2.45) is 5.92 Å². The average molecular weight is 127 g/mol. The van der Waals surface area contributed by atoms with E-state index >= 15 is 0 Å². The van der Waals surface area contributed by atoms with Crippen molar-refractivity contribution in [2.45, 2.75) is 45.1 Å². The average Bonchev–Trinajstić information content (AvgIpc) is 1.77. The van der Waals surface area contributed by atoms with Gasteiger partial charge in [0, 0.05) is 0 Å². The molecule has 53 valence electrons. The molecule has 0 aromatic heterocycles. The SMILES string of the molecule is CC1CCCCC1(C)[O]. The fourth-order valence-corrected chi connectivity index (χ4v) is 1.48. The van der Waals surface area contributed by atoms with Crippen LogP contribution < -0.4 is 0 Å². The maximum absolute atomic E-state index is 11.5. The van der Waals surface area contributed by atoms with Gasteiger partial charge in [0.2, 0.25) is 0 Å². The Hall–Kier alpha value is -0.0400. The molecular weight excluding hydrogens is 112 g/mol. The molecule has 2 unspecified atom stereocenters. The first kappa shape index (κ1) is 7.07. The van der Waals surface area contributed by atoms with Crippen molar-refractivity contribution in [1.29, 1.82) is 0 Å². The first-order valence-corrected chi connectivity index (χ1v) is 3.83. The lowest BCUT2D eigenvalue weighted by Gasteiger charge is -2.32. The second-order valence-electron chi connectivity index (χ2n) is 3.46. The van der Waals surface area contributed by atoms with Crippen LogP contribution in [0.4, 0.5) is 0 Å². The van der Waals surface area contributed by atoms with E-state index in [1.807, 2.05) is 6.92 Å². The number of hydrogen-bond acceptors (Lipinski definition) is 0. The van der Waals surface area contributed by atoms with Gasteiger partial charge in [0.1, 0.15) is 5.60 Å². The molecule has 1 fully saturated rings. The summed E-state index contributed by atoms with van der Waals surface area (Å²) in [5, 5.41) is 11.5. The molecule has 1 saturated carbocycles. The molecule has 1 nitrogen and oxygen atoms in total. The maximum atomic E-state index is 11.5. The smallest absolute Gasteiger partial charge is 0.103 e. The highest BCUT2D eigenvalue weighted by Crippen LogP contribution is 2.33. The van der Waals surface area contributed by atoms with Crippen molar-refractivity contribution in [3.8, 4) is 0 Å². The molecule has 1 aliphatic carbocycles. The Balaban J connectivity index is 2.49. The largest absolute Gasteiger partial charge is 0.230 e. The lowest BCUT2D eigenvalue weighted by atomic mass is 9.78. The first-order chi connectivity index (χ1) is 4.13. The maximum Gasteiger partial charge on any atom is 0.103 e. The van der Waals surface area contributed by atoms with Crippen molar-refractivity contribution >= 4 is 0 Å². The van der Waals surface area contributed by atoms with Crippen molar-refractivity contribution in [3.63, 3.8) is 0 Å². The second kappa shape index (κ2) is 2.30. The summed E-state index contributed by atoms with van der Waals surface area (Å²) in [4.78, 5) is 0. The topological polar surface area (TPSA) is 19.9 Å². The van der Waals surface area contributed by atoms with Crippen LogP contribution in [0.15, 0.2) is 0 Å². The fourth-order valence-electron chi connectivity index (χ4n) is 1.48. The Morgan fingerprint density at radius 3 is 2.44 bits per heavy atom. The van der Waals surface area contributed by atoms with Crippen LogP contribution in [0.5, 0.6) is 0 Å². The molecule has 0 bridgehead atoms. The van der Waals surface area contributed by atoms with Gasteiger partial charge in [0.05, 0.1) is 0 Å². The highest BCUT2D eigenvalue weighted by molar-refractivity contribution is 4.82. The minimum Gasteiger partial charge on any atom is -0.230 e. The number of hydrogen-bond donors (Lipinski definition) is 0. The summed E-state index contributed by atoms with van der Waals surface area (Å²) >= 11 is 0. The summed E-state index contributed by atoms with van der Waals surface area (Å²) < 4.78 is 0. The molecule has 0 aliphatic heterocycles. The van der Waals surface area contributed by atoms with E-state index in [1.165, 1.54) is 6.42 Å². The normalized spacial score (nSPS) is 45.0. The van der Waals surface area contributed by atoms with Crippen LogP contribution in [-0.4, -0.2) is 5.60 Å². The van der Waals surface area contributed by atoms with E-state index in [2.05, 4.69) is 6.92 Å². The molecule has 0 amide bonds. The Morgan fingerprint density at radius 2 is 2.11 bits per heavy atom. The molecule has 1 radical (unpaired) electrons. The van der Waals surface area contributed by atoms with Crippen molar-refractivity contribution in [2.75, 3.05) is 0 Å².